The van der Waals surface area contributed by atoms with Crippen LogP contribution in [-0.2, 0) is 9.59 Å². The van der Waals surface area contributed by atoms with Crippen molar-refractivity contribution in [2.75, 3.05) is 13.2 Å². The van der Waals surface area contributed by atoms with Crippen molar-refractivity contribution in [3.05, 3.63) is 30.3 Å². The molecule has 26 heavy (non-hydrogen) atoms. The summed E-state index contributed by atoms with van der Waals surface area (Å²) in [4.78, 5) is 24.3. The van der Waals surface area contributed by atoms with Gasteiger partial charge in [0, 0.05) is 25.4 Å². The summed E-state index contributed by atoms with van der Waals surface area (Å²) >= 11 is 0. The Morgan fingerprint density at radius 2 is 1.77 bits per heavy atom. The number of hydrogen-bond donors (Lipinski definition) is 1. The summed E-state index contributed by atoms with van der Waals surface area (Å²) in [6, 6.07) is 9.38. The minimum Gasteiger partial charge on any atom is -0.486 e. The van der Waals surface area contributed by atoms with E-state index >= 15 is 0 Å². The van der Waals surface area contributed by atoms with Crippen molar-refractivity contribution >= 4 is 11.6 Å². The molecule has 4 nitrogen and oxygen atoms in total. The van der Waals surface area contributed by atoms with Crippen LogP contribution in [0, 0.1) is 11.8 Å². The average molecular weight is 360 g/mol. The van der Waals surface area contributed by atoms with Gasteiger partial charge < -0.3 is 9.84 Å². The first-order valence-electron chi connectivity index (χ1n) is 10.0. The van der Waals surface area contributed by atoms with Crippen molar-refractivity contribution in [1.29, 1.82) is 0 Å². The fourth-order valence-corrected chi connectivity index (χ4v) is 3.82. The summed E-state index contributed by atoms with van der Waals surface area (Å²) in [6.45, 7) is 0.380. The molecular formula is C22H32O4. The zero-order valence-electron chi connectivity index (χ0n) is 15.7. The Morgan fingerprint density at radius 1 is 1.04 bits per heavy atom. The maximum Gasteiger partial charge on any atom is 0.170 e. The summed E-state index contributed by atoms with van der Waals surface area (Å²) in [7, 11) is 0. The number of hydrogen-bond acceptors (Lipinski definition) is 4. The standard InChI is InChI=1S/C22H32O4/c23-16-8-3-1-2-7-11-21-18(13-15-22(21)25)12-14-19(24)17-26-20-9-5-4-6-10-20/h4-6,9-10,18,21,23H,1-3,7-8,11-17H2/t18-,21+/m1/s1. The van der Waals surface area contributed by atoms with Gasteiger partial charge in [0.05, 0.1) is 0 Å². The van der Waals surface area contributed by atoms with Crippen LogP contribution >= 0.6 is 0 Å². The smallest absolute Gasteiger partial charge is 0.170 e. The van der Waals surface area contributed by atoms with Crippen LogP contribution < -0.4 is 4.74 Å². The minimum atomic E-state index is 0.107. The van der Waals surface area contributed by atoms with Crippen molar-refractivity contribution in [3.8, 4) is 5.75 Å². The second kappa shape index (κ2) is 11.8. The molecule has 1 aliphatic carbocycles. The lowest BCUT2D eigenvalue weighted by Gasteiger charge is -2.18. The highest BCUT2D eigenvalue weighted by Gasteiger charge is 2.33. The molecule has 1 aromatic rings. The fourth-order valence-electron chi connectivity index (χ4n) is 3.82. The number of aliphatic hydroxyl groups excluding tert-OH is 1. The van der Waals surface area contributed by atoms with Crippen LogP contribution in [0.4, 0.5) is 0 Å². The zero-order chi connectivity index (χ0) is 18.6. The van der Waals surface area contributed by atoms with Crippen molar-refractivity contribution in [2.45, 2.75) is 64.2 Å². The van der Waals surface area contributed by atoms with E-state index in [0.717, 1.165) is 57.1 Å². The van der Waals surface area contributed by atoms with Crippen molar-refractivity contribution < 1.29 is 19.4 Å². The first kappa shape index (κ1) is 20.6. The van der Waals surface area contributed by atoms with E-state index in [-0.39, 0.29) is 24.9 Å². The molecule has 0 aliphatic heterocycles. The number of carbonyl (C=O) groups excluding carboxylic acids is 2. The minimum absolute atomic E-state index is 0.107. The third-order valence-electron chi connectivity index (χ3n) is 5.35. The lowest BCUT2D eigenvalue weighted by molar-refractivity contribution is -0.123. The third kappa shape index (κ3) is 7.28. The molecule has 144 valence electrons. The molecule has 1 fully saturated rings. The lowest BCUT2D eigenvalue weighted by atomic mass is 9.86. The monoisotopic (exact) mass is 360 g/mol. The van der Waals surface area contributed by atoms with E-state index in [9.17, 15) is 9.59 Å². The Labute approximate surface area is 156 Å². The van der Waals surface area contributed by atoms with Gasteiger partial charge in [0.25, 0.3) is 0 Å². The second-order valence-corrected chi connectivity index (χ2v) is 7.33. The molecule has 1 saturated carbocycles. The number of ether oxygens (including phenoxy) is 1. The Hall–Kier alpha value is -1.68. The van der Waals surface area contributed by atoms with Gasteiger partial charge >= 0.3 is 0 Å². The number of benzene rings is 1. The highest BCUT2D eigenvalue weighted by Crippen LogP contribution is 2.35. The van der Waals surface area contributed by atoms with Crippen LogP contribution in [-0.4, -0.2) is 29.9 Å². The van der Waals surface area contributed by atoms with Gasteiger partial charge in [-0.05, 0) is 43.7 Å². The van der Waals surface area contributed by atoms with E-state index < -0.39 is 0 Å². The Bertz CT molecular complexity index is 540. The summed E-state index contributed by atoms with van der Waals surface area (Å²) in [5.74, 6) is 1.72. The molecule has 1 aliphatic rings. The summed E-state index contributed by atoms with van der Waals surface area (Å²) in [6.07, 6.45) is 9.13. The van der Waals surface area contributed by atoms with E-state index in [0.29, 0.717) is 24.5 Å². The molecule has 0 saturated heterocycles. The largest absolute Gasteiger partial charge is 0.486 e. The topological polar surface area (TPSA) is 63.6 Å². The van der Waals surface area contributed by atoms with E-state index in [1.165, 1.54) is 0 Å². The number of rotatable bonds is 13. The van der Waals surface area contributed by atoms with Crippen molar-refractivity contribution in [1.82, 2.24) is 0 Å². The van der Waals surface area contributed by atoms with Gasteiger partial charge in [0.1, 0.15) is 18.1 Å². The van der Waals surface area contributed by atoms with E-state index in [1.54, 1.807) is 0 Å². The van der Waals surface area contributed by atoms with E-state index in [2.05, 4.69) is 0 Å². The highest BCUT2D eigenvalue weighted by molar-refractivity contribution is 5.84. The number of unbranched alkanes of at least 4 members (excludes halogenated alkanes) is 4. The first-order chi connectivity index (χ1) is 12.7. The Balaban J connectivity index is 1.64. The summed E-state index contributed by atoms with van der Waals surface area (Å²) in [5, 5.41) is 8.79. The number of ketones is 2. The third-order valence-corrected chi connectivity index (χ3v) is 5.35. The quantitative estimate of drug-likeness (QED) is 0.531. The van der Waals surface area contributed by atoms with Crippen LogP contribution in [0.2, 0.25) is 0 Å². The Morgan fingerprint density at radius 3 is 2.54 bits per heavy atom. The maximum atomic E-state index is 12.2. The van der Waals surface area contributed by atoms with Gasteiger partial charge in [-0.15, -0.1) is 0 Å². The van der Waals surface area contributed by atoms with Crippen LogP contribution in [0.3, 0.4) is 0 Å². The molecule has 0 aromatic heterocycles. The number of carbonyl (C=O) groups is 2. The SMILES string of the molecule is O=C(CC[C@@H]1CCC(=O)[C@H]1CCCCCCCO)COc1ccccc1. The number of Topliss-reactive ketones (excluding diaryl/α,β-unsaturated/α-hetero) is 2. The van der Waals surface area contributed by atoms with Gasteiger partial charge in [0.15, 0.2) is 5.78 Å². The molecule has 0 radical (unpaired) electrons. The highest BCUT2D eigenvalue weighted by atomic mass is 16.5. The molecule has 2 atom stereocenters. The fraction of sp³-hybridized carbons (Fsp3) is 0.636. The molecule has 1 aromatic carbocycles. The van der Waals surface area contributed by atoms with Crippen LogP contribution in [0.5, 0.6) is 5.75 Å². The molecule has 2 rings (SSSR count). The molecule has 0 heterocycles. The zero-order valence-corrected chi connectivity index (χ0v) is 15.7. The van der Waals surface area contributed by atoms with Gasteiger partial charge in [0.2, 0.25) is 0 Å². The number of para-hydroxylation sites is 1. The predicted molar refractivity (Wildman–Crippen MR) is 102 cm³/mol. The van der Waals surface area contributed by atoms with Gasteiger partial charge in [-0.25, -0.2) is 0 Å². The van der Waals surface area contributed by atoms with Gasteiger partial charge in [-0.2, -0.15) is 0 Å². The molecule has 0 amide bonds. The molecule has 1 N–H and O–H groups in total. The molecule has 4 heteroatoms. The number of aliphatic hydroxyl groups is 1. The van der Waals surface area contributed by atoms with Gasteiger partial charge in [-0.3, -0.25) is 9.59 Å². The first-order valence-corrected chi connectivity index (χ1v) is 10.0. The molecule has 0 bridgehead atoms. The maximum absolute atomic E-state index is 12.2. The summed E-state index contributed by atoms with van der Waals surface area (Å²) < 4.78 is 5.51. The normalized spacial score (nSPS) is 19.7. The van der Waals surface area contributed by atoms with Crippen LogP contribution in [0.25, 0.3) is 0 Å². The second-order valence-electron chi connectivity index (χ2n) is 7.33. The molecular weight excluding hydrogens is 328 g/mol. The predicted octanol–water partition coefficient (Wildman–Crippen LogP) is 4.34. The molecule has 0 spiro atoms. The summed E-state index contributed by atoms with van der Waals surface area (Å²) in [5.41, 5.74) is 0. The van der Waals surface area contributed by atoms with Crippen LogP contribution in [0.15, 0.2) is 30.3 Å². The molecule has 0 unspecified atom stereocenters. The average Bonchev–Trinajstić information content (AvgIpc) is 3.02. The van der Waals surface area contributed by atoms with Crippen LogP contribution in [0.1, 0.15) is 64.2 Å². The van der Waals surface area contributed by atoms with Crippen molar-refractivity contribution in [2.24, 2.45) is 11.8 Å². The van der Waals surface area contributed by atoms with Gasteiger partial charge in [-0.1, -0.05) is 43.9 Å². The van der Waals surface area contributed by atoms with Crippen molar-refractivity contribution in [3.63, 3.8) is 0 Å². The van der Waals surface area contributed by atoms with E-state index in [1.807, 2.05) is 30.3 Å². The lowest BCUT2D eigenvalue weighted by Crippen LogP contribution is -2.18. The van der Waals surface area contributed by atoms with E-state index in [4.69, 9.17) is 9.84 Å². The Kier molecular flexibility index (Phi) is 9.40.